The van der Waals surface area contributed by atoms with Gasteiger partial charge in [0.2, 0.25) is 0 Å². The molecule has 1 aliphatic rings. The normalized spacial score (nSPS) is 15.8. The average Bonchev–Trinajstić information content (AvgIpc) is 2.91. The molecule has 3 N–H and O–H groups in total. The summed E-state index contributed by atoms with van der Waals surface area (Å²) < 4.78 is 5.16. The Kier molecular flexibility index (Phi) is 5.23. The number of nitrogens with one attached hydrogen (secondary N) is 1. The Morgan fingerprint density at radius 3 is 2.88 bits per heavy atom. The number of guanidine groups is 1. The predicted octanol–water partition coefficient (Wildman–Crippen LogP) is 1.98. The molecular weight excluding hydrogens is 331 g/mol. The van der Waals surface area contributed by atoms with Gasteiger partial charge in [-0.15, -0.1) is 24.0 Å². The molecule has 0 atom stereocenters. The summed E-state index contributed by atoms with van der Waals surface area (Å²) in [6.07, 6.45) is 2.38. The third-order valence-electron chi connectivity index (χ3n) is 2.50. The van der Waals surface area contributed by atoms with E-state index in [1.54, 1.807) is 0 Å². The van der Waals surface area contributed by atoms with Gasteiger partial charge in [0.25, 0.3) is 0 Å². The fourth-order valence-electron chi connectivity index (χ4n) is 1.32. The van der Waals surface area contributed by atoms with Crippen LogP contribution in [0, 0.1) is 0 Å². The van der Waals surface area contributed by atoms with Crippen LogP contribution in [0.15, 0.2) is 15.6 Å². The van der Waals surface area contributed by atoms with Gasteiger partial charge < -0.3 is 15.6 Å². The van der Waals surface area contributed by atoms with Crippen LogP contribution in [-0.4, -0.2) is 17.2 Å². The summed E-state index contributed by atoms with van der Waals surface area (Å²) in [5.74, 6) is 1.62. The second kappa shape index (κ2) is 6.23. The number of nitrogens with zero attached hydrogens (tertiary/aromatic N) is 2. The van der Waals surface area contributed by atoms with Crippen LogP contribution < -0.4 is 11.1 Å². The molecule has 0 unspecified atom stereocenters. The van der Waals surface area contributed by atoms with Crippen molar-refractivity contribution >= 4 is 29.9 Å². The molecule has 0 saturated heterocycles. The molecular formula is C11H19IN4O. The maximum Gasteiger partial charge on any atom is 0.189 e. The molecule has 5 nitrogen and oxygen atoms in total. The topological polar surface area (TPSA) is 76.4 Å². The lowest BCUT2D eigenvalue weighted by Crippen LogP contribution is -2.33. The molecule has 6 heteroatoms. The highest BCUT2D eigenvalue weighted by molar-refractivity contribution is 14.0. The molecule has 1 fully saturated rings. The van der Waals surface area contributed by atoms with Crippen molar-refractivity contribution in [3.8, 4) is 0 Å². The Morgan fingerprint density at radius 1 is 1.65 bits per heavy atom. The van der Waals surface area contributed by atoms with E-state index in [1.165, 1.54) is 12.8 Å². The highest BCUT2D eigenvalue weighted by atomic mass is 127. The minimum Gasteiger partial charge on any atom is -0.370 e. The SMILES string of the molecule is CC(C)c1cc(CN=C(N)NC2CC2)on1.I. The van der Waals surface area contributed by atoms with Crippen molar-refractivity contribution in [1.29, 1.82) is 0 Å². The van der Waals surface area contributed by atoms with Crippen molar-refractivity contribution < 1.29 is 4.52 Å². The summed E-state index contributed by atoms with van der Waals surface area (Å²) >= 11 is 0. The quantitative estimate of drug-likeness (QED) is 0.495. The minimum absolute atomic E-state index is 0. The van der Waals surface area contributed by atoms with Crippen molar-refractivity contribution in [2.75, 3.05) is 0 Å². The van der Waals surface area contributed by atoms with Gasteiger partial charge in [0.1, 0.15) is 6.54 Å². The van der Waals surface area contributed by atoms with Gasteiger partial charge in [0.15, 0.2) is 11.7 Å². The fraction of sp³-hybridized carbons (Fsp3) is 0.636. The molecule has 0 bridgehead atoms. The van der Waals surface area contributed by atoms with Crippen LogP contribution in [0.1, 0.15) is 44.1 Å². The van der Waals surface area contributed by atoms with E-state index in [1.807, 2.05) is 6.07 Å². The van der Waals surface area contributed by atoms with Gasteiger partial charge in [-0.1, -0.05) is 19.0 Å². The summed E-state index contributed by atoms with van der Waals surface area (Å²) in [5.41, 5.74) is 6.66. The molecule has 1 heterocycles. The number of hydrogen-bond acceptors (Lipinski definition) is 3. The lowest BCUT2D eigenvalue weighted by Gasteiger charge is -2.01. The van der Waals surface area contributed by atoms with Gasteiger partial charge in [-0.3, -0.25) is 0 Å². The number of hydrogen-bond donors (Lipinski definition) is 2. The zero-order valence-corrected chi connectivity index (χ0v) is 12.5. The maximum atomic E-state index is 5.71. The molecule has 0 radical (unpaired) electrons. The molecule has 1 aromatic heterocycles. The van der Waals surface area contributed by atoms with Gasteiger partial charge in [-0.05, 0) is 18.8 Å². The fourth-order valence-corrected chi connectivity index (χ4v) is 1.32. The number of aromatic nitrogens is 1. The van der Waals surface area contributed by atoms with Crippen LogP contribution in [0.4, 0.5) is 0 Å². The van der Waals surface area contributed by atoms with Crippen LogP contribution in [0.2, 0.25) is 0 Å². The number of rotatable bonds is 4. The highest BCUT2D eigenvalue weighted by Gasteiger charge is 2.21. The molecule has 0 spiro atoms. The predicted molar refractivity (Wildman–Crippen MR) is 77.5 cm³/mol. The number of nitrogens with two attached hydrogens (primary N) is 1. The van der Waals surface area contributed by atoms with E-state index in [2.05, 4.69) is 29.3 Å². The summed E-state index contributed by atoms with van der Waals surface area (Å²) in [6.45, 7) is 4.60. The zero-order valence-electron chi connectivity index (χ0n) is 10.1. The smallest absolute Gasteiger partial charge is 0.189 e. The monoisotopic (exact) mass is 350 g/mol. The standard InChI is InChI=1S/C11H18N4O.HI/c1-7(2)10-5-9(16-15-10)6-13-11(12)14-8-3-4-8;/h5,7-8H,3-4,6H2,1-2H3,(H3,12,13,14);1H. The summed E-state index contributed by atoms with van der Waals surface area (Å²) in [7, 11) is 0. The van der Waals surface area contributed by atoms with Crippen LogP contribution in [-0.2, 0) is 6.54 Å². The molecule has 1 aliphatic carbocycles. The first-order valence-electron chi connectivity index (χ1n) is 5.67. The van der Waals surface area contributed by atoms with Crippen LogP contribution >= 0.6 is 24.0 Å². The van der Waals surface area contributed by atoms with Crippen LogP contribution in [0.5, 0.6) is 0 Å². The molecule has 1 aromatic rings. The molecule has 2 rings (SSSR count). The Labute approximate surface area is 118 Å². The van der Waals surface area contributed by atoms with E-state index in [9.17, 15) is 0 Å². The second-order valence-corrected chi connectivity index (χ2v) is 4.49. The van der Waals surface area contributed by atoms with E-state index in [0.717, 1.165) is 11.5 Å². The third-order valence-corrected chi connectivity index (χ3v) is 2.50. The second-order valence-electron chi connectivity index (χ2n) is 4.49. The first kappa shape index (κ1) is 14.3. The Balaban J connectivity index is 0.00000144. The molecule has 0 amide bonds. The lowest BCUT2D eigenvalue weighted by molar-refractivity contribution is 0.376. The summed E-state index contributed by atoms with van der Waals surface area (Å²) in [6, 6.07) is 2.46. The molecule has 0 aliphatic heterocycles. The molecule has 1 saturated carbocycles. The van der Waals surface area contributed by atoms with Gasteiger partial charge in [0.05, 0.1) is 5.69 Å². The van der Waals surface area contributed by atoms with E-state index in [0.29, 0.717) is 24.5 Å². The zero-order chi connectivity index (χ0) is 11.5. The van der Waals surface area contributed by atoms with Gasteiger partial charge in [-0.2, -0.15) is 0 Å². The Morgan fingerprint density at radius 2 is 2.35 bits per heavy atom. The lowest BCUT2D eigenvalue weighted by atomic mass is 10.1. The Hall–Kier alpha value is -0.790. The highest BCUT2D eigenvalue weighted by Crippen LogP contribution is 2.18. The van der Waals surface area contributed by atoms with Crippen molar-refractivity contribution in [2.24, 2.45) is 10.7 Å². The molecule has 17 heavy (non-hydrogen) atoms. The largest absolute Gasteiger partial charge is 0.370 e. The average molecular weight is 350 g/mol. The van der Waals surface area contributed by atoms with Gasteiger partial charge >= 0.3 is 0 Å². The van der Waals surface area contributed by atoms with E-state index >= 15 is 0 Å². The first-order chi connectivity index (χ1) is 7.65. The van der Waals surface area contributed by atoms with Gasteiger partial charge in [0, 0.05) is 12.1 Å². The van der Waals surface area contributed by atoms with E-state index < -0.39 is 0 Å². The number of aliphatic imine (C=N–C) groups is 1. The van der Waals surface area contributed by atoms with Gasteiger partial charge in [-0.25, -0.2) is 4.99 Å². The van der Waals surface area contributed by atoms with Crippen molar-refractivity contribution in [3.05, 3.63) is 17.5 Å². The summed E-state index contributed by atoms with van der Waals surface area (Å²) in [4.78, 5) is 4.20. The van der Waals surface area contributed by atoms with Crippen molar-refractivity contribution in [1.82, 2.24) is 10.5 Å². The van der Waals surface area contributed by atoms with Crippen LogP contribution in [0.3, 0.4) is 0 Å². The summed E-state index contributed by atoms with van der Waals surface area (Å²) in [5, 5.41) is 7.08. The number of halogens is 1. The third kappa shape index (κ3) is 4.53. The van der Waals surface area contributed by atoms with Crippen LogP contribution in [0.25, 0.3) is 0 Å². The van der Waals surface area contributed by atoms with Crippen molar-refractivity contribution in [2.45, 2.75) is 45.2 Å². The Bertz CT molecular complexity index is 385. The minimum atomic E-state index is 0. The van der Waals surface area contributed by atoms with Crippen molar-refractivity contribution in [3.63, 3.8) is 0 Å². The first-order valence-corrected chi connectivity index (χ1v) is 5.67. The molecule has 0 aromatic carbocycles. The molecule has 96 valence electrons. The van der Waals surface area contributed by atoms with E-state index in [-0.39, 0.29) is 24.0 Å². The maximum absolute atomic E-state index is 5.71. The van der Waals surface area contributed by atoms with E-state index in [4.69, 9.17) is 10.3 Å².